The number of nitrogens with two attached hydrogens (primary N) is 1. The Bertz CT molecular complexity index is 553. The zero-order valence-corrected chi connectivity index (χ0v) is 10.8. The van der Waals surface area contributed by atoms with E-state index in [4.69, 9.17) is 28.9 Å². The number of rotatable bonds is 2. The van der Waals surface area contributed by atoms with Gasteiger partial charge in [-0.05, 0) is 42.8 Å². The largest absolute Gasteiger partial charge is 0.397 e. The highest BCUT2D eigenvalue weighted by molar-refractivity contribution is 6.32. The highest BCUT2D eigenvalue weighted by atomic mass is 35.5. The molecule has 2 aromatic carbocycles. The molecule has 0 saturated heterocycles. The first-order valence-electron chi connectivity index (χ1n) is 5.15. The summed E-state index contributed by atoms with van der Waals surface area (Å²) in [5, 5.41) is 4.59. The summed E-state index contributed by atoms with van der Waals surface area (Å²) in [6, 6.07) is 11.0. The SMILES string of the molecule is Cc1c(Cl)cccc1Nc1cc(Cl)ccc1N. The van der Waals surface area contributed by atoms with Gasteiger partial charge in [-0.25, -0.2) is 0 Å². The smallest absolute Gasteiger partial charge is 0.0632 e. The molecule has 0 heterocycles. The third-order valence-electron chi connectivity index (χ3n) is 2.55. The molecule has 17 heavy (non-hydrogen) atoms. The maximum absolute atomic E-state index is 6.05. The van der Waals surface area contributed by atoms with Crippen molar-refractivity contribution in [3.8, 4) is 0 Å². The van der Waals surface area contributed by atoms with Gasteiger partial charge >= 0.3 is 0 Å². The summed E-state index contributed by atoms with van der Waals surface area (Å²) in [4.78, 5) is 0. The lowest BCUT2D eigenvalue weighted by atomic mass is 10.2. The predicted molar refractivity (Wildman–Crippen MR) is 75.3 cm³/mol. The number of benzene rings is 2. The normalized spacial score (nSPS) is 10.3. The van der Waals surface area contributed by atoms with Gasteiger partial charge in [-0.2, -0.15) is 0 Å². The minimum absolute atomic E-state index is 0.640. The molecule has 0 amide bonds. The van der Waals surface area contributed by atoms with Gasteiger partial charge in [0, 0.05) is 15.7 Å². The maximum Gasteiger partial charge on any atom is 0.0632 e. The van der Waals surface area contributed by atoms with Gasteiger partial charge in [0.05, 0.1) is 11.4 Å². The molecule has 0 bridgehead atoms. The monoisotopic (exact) mass is 266 g/mol. The summed E-state index contributed by atoms with van der Waals surface area (Å²) >= 11 is 12.0. The van der Waals surface area contributed by atoms with Crippen molar-refractivity contribution >= 4 is 40.3 Å². The van der Waals surface area contributed by atoms with Crippen molar-refractivity contribution in [2.75, 3.05) is 11.1 Å². The molecular formula is C13H12Cl2N2. The zero-order valence-electron chi connectivity index (χ0n) is 9.30. The summed E-state index contributed by atoms with van der Waals surface area (Å²) < 4.78 is 0. The molecule has 4 heteroatoms. The van der Waals surface area contributed by atoms with Crippen molar-refractivity contribution in [2.45, 2.75) is 6.92 Å². The number of nitrogens with one attached hydrogen (secondary N) is 1. The highest BCUT2D eigenvalue weighted by Gasteiger charge is 2.05. The van der Waals surface area contributed by atoms with E-state index in [9.17, 15) is 0 Å². The van der Waals surface area contributed by atoms with E-state index in [0.29, 0.717) is 10.7 Å². The average Bonchev–Trinajstić information content (AvgIpc) is 2.30. The van der Waals surface area contributed by atoms with Crippen molar-refractivity contribution in [2.24, 2.45) is 0 Å². The van der Waals surface area contributed by atoms with Crippen LogP contribution in [-0.4, -0.2) is 0 Å². The van der Waals surface area contributed by atoms with E-state index in [1.807, 2.05) is 25.1 Å². The Labute approximate surface area is 110 Å². The maximum atomic E-state index is 6.05. The number of hydrogen-bond acceptors (Lipinski definition) is 2. The van der Waals surface area contributed by atoms with Crippen LogP contribution in [0.1, 0.15) is 5.56 Å². The summed E-state index contributed by atoms with van der Waals surface area (Å²) in [6.07, 6.45) is 0. The van der Waals surface area contributed by atoms with Gasteiger partial charge in [0.1, 0.15) is 0 Å². The van der Waals surface area contributed by atoms with E-state index in [0.717, 1.165) is 22.0 Å². The Balaban J connectivity index is 2.38. The Morgan fingerprint density at radius 2 is 1.82 bits per heavy atom. The Hall–Kier alpha value is -1.38. The van der Waals surface area contributed by atoms with Crippen LogP contribution in [-0.2, 0) is 0 Å². The van der Waals surface area contributed by atoms with Crippen molar-refractivity contribution in [1.82, 2.24) is 0 Å². The molecule has 0 atom stereocenters. The second-order valence-corrected chi connectivity index (χ2v) is 4.61. The van der Waals surface area contributed by atoms with Crippen LogP contribution in [0, 0.1) is 6.92 Å². The van der Waals surface area contributed by atoms with E-state index < -0.39 is 0 Å². The molecule has 0 aliphatic carbocycles. The number of nitrogen functional groups attached to an aromatic ring is 1. The molecule has 2 aromatic rings. The van der Waals surface area contributed by atoms with Crippen LogP contribution in [0.15, 0.2) is 36.4 Å². The summed E-state index contributed by atoms with van der Waals surface area (Å²) in [5.41, 5.74) is 9.20. The van der Waals surface area contributed by atoms with Gasteiger partial charge < -0.3 is 11.1 Å². The van der Waals surface area contributed by atoms with Gasteiger partial charge in [-0.1, -0.05) is 29.3 Å². The number of hydrogen-bond donors (Lipinski definition) is 2. The molecule has 2 rings (SSSR count). The third kappa shape index (κ3) is 2.65. The number of anilines is 3. The first kappa shape index (κ1) is 12.1. The molecular weight excluding hydrogens is 255 g/mol. The van der Waals surface area contributed by atoms with Crippen LogP contribution in [0.3, 0.4) is 0 Å². The first-order chi connectivity index (χ1) is 8.08. The summed E-state index contributed by atoms with van der Waals surface area (Å²) in [6.45, 7) is 1.95. The van der Waals surface area contributed by atoms with E-state index in [-0.39, 0.29) is 0 Å². The topological polar surface area (TPSA) is 38.0 Å². The molecule has 88 valence electrons. The van der Waals surface area contributed by atoms with Crippen molar-refractivity contribution < 1.29 is 0 Å². The van der Waals surface area contributed by atoms with E-state index >= 15 is 0 Å². The van der Waals surface area contributed by atoms with Gasteiger partial charge in [-0.15, -0.1) is 0 Å². The van der Waals surface area contributed by atoms with Crippen LogP contribution in [0.2, 0.25) is 10.0 Å². The lowest BCUT2D eigenvalue weighted by Gasteiger charge is -2.12. The van der Waals surface area contributed by atoms with Gasteiger partial charge in [0.2, 0.25) is 0 Å². The van der Waals surface area contributed by atoms with E-state index in [2.05, 4.69) is 5.32 Å². The second-order valence-electron chi connectivity index (χ2n) is 3.77. The third-order valence-corrected chi connectivity index (χ3v) is 3.20. The fraction of sp³-hybridized carbons (Fsp3) is 0.0769. The second kappa shape index (κ2) is 4.86. The average molecular weight is 267 g/mol. The molecule has 2 nitrogen and oxygen atoms in total. The Morgan fingerprint density at radius 3 is 2.59 bits per heavy atom. The molecule has 0 aliphatic heterocycles. The standard InChI is InChI=1S/C13H12Cl2N2/c1-8-10(15)3-2-4-12(8)17-13-7-9(14)5-6-11(13)16/h2-7,17H,16H2,1H3. The minimum atomic E-state index is 0.640. The van der Waals surface area contributed by atoms with Crippen LogP contribution in [0.25, 0.3) is 0 Å². The zero-order chi connectivity index (χ0) is 12.4. The summed E-state index contributed by atoms with van der Waals surface area (Å²) in [5.74, 6) is 0. The molecule has 0 radical (unpaired) electrons. The predicted octanol–water partition coefficient (Wildman–Crippen LogP) is 4.63. The van der Waals surface area contributed by atoms with Crippen molar-refractivity contribution in [1.29, 1.82) is 0 Å². The van der Waals surface area contributed by atoms with Gasteiger partial charge in [-0.3, -0.25) is 0 Å². The van der Waals surface area contributed by atoms with Gasteiger partial charge in [0.15, 0.2) is 0 Å². The molecule has 0 spiro atoms. The lowest BCUT2D eigenvalue weighted by Crippen LogP contribution is -1.97. The van der Waals surface area contributed by atoms with Crippen LogP contribution < -0.4 is 11.1 Å². The highest BCUT2D eigenvalue weighted by Crippen LogP contribution is 2.30. The quantitative estimate of drug-likeness (QED) is 0.778. The molecule has 0 saturated carbocycles. The molecule has 0 aliphatic rings. The fourth-order valence-corrected chi connectivity index (χ4v) is 1.87. The molecule has 0 fully saturated rings. The van der Waals surface area contributed by atoms with E-state index in [1.54, 1.807) is 18.2 Å². The number of halogens is 2. The summed E-state index contributed by atoms with van der Waals surface area (Å²) in [7, 11) is 0. The van der Waals surface area contributed by atoms with Crippen LogP contribution >= 0.6 is 23.2 Å². The fourth-order valence-electron chi connectivity index (χ4n) is 1.52. The van der Waals surface area contributed by atoms with Gasteiger partial charge in [0.25, 0.3) is 0 Å². The van der Waals surface area contributed by atoms with E-state index in [1.165, 1.54) is 0 Å². The lowest BCUT2D eigenvalue weighted by molar-refractivity contribution is 1.43. The minimum Gasteiger partial charge on any atom is -0.397 e. The van der Waals surface area contributed by atoms with Crippen LogP contribution in [0.4, 0.5) is 17.1 Å². The van der Waals surface area contributed by atoms with Crippen molar-refractivity contribution in [3.05, 3.63) is 52.0 Å². The Kier molecular flexibility index (Phi) is 3.46. The van der Waals surface area contributed by atoms with Crippen LogP contribution in [0.5, 0.6) is 0 Å². The first-order valence-corrected chi connectivity index (χ1v) is 5.90. The Morgan fingerprint density at radius 1 is 1.06 bits per heavy atom. The molecule has 0 unspecified atom stereocenters. The molecule has 0 aromatic heterocycles. The van der Waals surface area contributed by atoms with Crippen molar-refractivity contribution in [3.63, 3.8) is 0 Å². The molecule has 3 N–H and O–H groups in total.